The minimum absolute atomic E-state index is 0.387. The summed E-state index contributed by atoms with van der Waals surface area (Å²) in [5.74, 6) is 0. The molecular formula is C13H18BrNO2. The summed E-state index contributed by atoms with van der Waals surface area (Å²) in [7, 11) is 0. The van der Waals surface area contributed by atoms with Gasteiger partial charge in [-0.05, 0) is 47.5 Å². The molecule has 1 aromatic carbocycles. The lowest BCUT2D eigenvalue weighted by Gasteiger charge is -2.36. The molecule has 1 fully saturated rings. The van der Waals surface area contributed by atoms with Crippen LogP contribution in [0.4, 0.5) is 5.69 Å². The molecule has 1 N–H and O–H groups in total. The van der Waals surface area contributed by atoms with Crippen LogP contribution in [0.25, 0.3) is 0 Å². The molecule has 0 aromatic heterocycles. The highest BCUT2D eigenvalue weighted by Gasteiger charge is 2.21. The Morgan fingerprint density at radius 1 is 1.53 bits per heavy atom. The van der Waals surface area contributed by atoms with E-state index in [2.05, 4.69) is 33.8 Å². The van der Waals surface area contributed by atoms with Gasteiger partial charge in [-0.3, -0.25) is 0 Å². The molecule has 2 atom stereocenters. The number of hydrogen-bond donors (Lipinski definition) is 1. The molecule has 0 spiro atoms. The molecule has 1 aliphatic rings. The fourth-order valence-corrected chi connectivity index (χ4v) is 2.73. The lowest BCUT2D eigenvalue weighted by atomic mass is 10.1. The second kappa shape index (κ2) is 5.38. The zero-order valence-electron chi connectivity index (χ0n) is 10.2. The third kappa shape index (κ3) is 2.81. The topological polar surface area (TPSA) is 32.7 Å². The van der Waals surface area contributed by atoms with Gasteiger partial charge in [-0.25, -0.2) is 0 Å². The van der Waals surface area contributed by atoms with E-state index in [0.717, 1.165) is 29.8 Å². The normalized spacial score (nSPS) is 22.6. The molecule has 1 aromatic rings. The summed E-state index contributed by atoms with van der Waals surface area (Å²) in [6.07, 6.45) is -0.428. The predicted molar refractivity (Wildman–Crippen MR) is 72.4 cm³/mol. The Kier molecular flexibility index (Phi) is 4.07. The molecule has 4 heteroatoms. The highest BCUT2D eigenvalue weighted by Crippen LogP contribution is 2.31. The molecule has 0 saturated carbocycles. The van der Waals surface area contributed by atoms with Crippen LogP contribution in [-0.2, 0) is 4.74 Å². The van der Waals surface area contributed by atoms with Gasteiger partial charge in [0.15, 0.2) is 0 Å². The monoisotopic (exact) mass is 299 g/mol. The summed E-state index contributed by atoms with van der Waals surface area (Å²) in [6.45, 7) is 6.39. The third-order valence-corrected chi connectivity index (χ3v) is 3.77. The summed E-state index contributed by atoms with van der Waals surface area (Å²) in [5, 5.41) is 9.55. The van der Waals surface area contributed by atoms with E-state index < -0.39 is 6.10 Å². The molecule has 0 bridgehead atoms. The molecular weight excluding hydrogens is 282 g/mol. The van der Waals surface area contributed by atoms with Crippen molar-refractivity contribution in [2.24, 2.45) is 0 Å². The summed E-state index contributed by atoms with van der Waals surface area (Å²) in [4.78, 5) is 2.33. The highest BCUT2D eigenvalue weighted by molar-refractivity contribution is 9.10. The number of nitrogens with zero attached hydrogens (tertiary/aromatic N) is 1. The summed E-state index contributed by atoms with van der Waals surface area (Å²) in [6, 6.07) is 6.42. The second-order valence-corrected chi connectivity index (χ2v) is 5.36. The van der Waals surface area contributed by atoms with Crippen LogP contribution in [-0.4, -0.2) is 30.9 Å². The number of halogens is 1. The highest BCUT2D eigenvalue weighted by atomic mass is 79.9. The number of anilines is 1. The molecule has 1 heterocycles. The van der Waals surface area contributed by atoms with Gasteiger partial charge in [0.2, 0.25) is 0 Å². The zero-order chi connectivity index (χ0) is 12.4. The molecule has 94 valence electrons. The number of hydrogen-bond acceptors (Lipinski definition) is 3. The Labute approximate surface area is 111 Å². The van der Waals surface area contributed by atoms with E-state index in [1.165, 1.54) is 5.69 Å². The Bertz CT molecular complexity index is 395. The Morgan fingerprint density at radius 3 is 2.88 bits per heavy atom. The van der Waals surface area contributed by atoms with Crippen molar-refractivity contribution in [2.45, 2.75) is 26.0 Å². The van der Waals surface area contributed by atoms with Crippen LogP contribution in [0.3, 0.4) is 0 Å². The van der Waals surface area contributed by atoms with E-state index in [4.69, 9.17) is 4.74 Å². The van der Waals surface area contributed by atoms with Crippen LogP contribution < -0.4 is 4.90 Å². The number of aliphatic hydroxyl groups is 1. The number of benzene rings is 1. The van der Waals surface area contributed by atoms with Crippen LogP contribution in [0.1, 0.15) is 25.5 Å². The third-order valence-electron chi connectivity index (χ3n) is 3.13. The van der Waals surface area contributed by atoms with Gasteiger partial charge < -0.3 is 14.7 Å². The van der Waals surface area contributed by atoms with E-state index >= 15 is 0 Å². The molecule has 0 amide bonds. The van der Waals surface area contributed by atoms with Crippen LogP contribution in [0.15, 0.2) is 22.7 Å². The second-order valence-electron chi connectivity index (χ2n) is 4.50. The van der Waals surface area contributed by atoms with Crippen LogP contribution >= 0.6 is 15.9 Å². The smallest absolute Gasteiger partial charge is 0.0762 e. The zero-order valence-corrected chi connectivity index (χ0v) is 11.8. The number of morpholine rings is 1. The molecule has 0 radical (unpaired) electrons. The van der Waals surface area contributed by atoms with Gasteiger partial charge in [-0.1, -0.05) is 6.07 Å². The summed E-state index contributed by atoms with van der Waals surface area (Å²) < 4.78 is 6.47. The van der Waals surface area contributed by atoms with Crippen molar-refractivity contribution in [3.05, 3.63) is 28.2 Å². The average molecular weight is 300 g/mol. The minimum atomic E-state index is -0.428. The summed E-state index contributed by atoms with van der Waals surface area (Å²) in [5.41, 5.74) is 2.10. The molecule has 2 rings (SSSR count). The maximum Gasteiger partial charge on any atom is 0.0762 e. The van der Waals surface area contributed by atoms with Gasteiger partial charge >= 0.3 is 0 Å². The first kappa shape index (κ1) is 12.9. The number of aliphatic hydroxyl groups excluding tert-OH is 1. The van der Waals surface area contributed by atoms with Crippen molar-refractivity contribution in [1.29, 1.82) is 0 Å². The van der Waals surface area contributed by atoms with Crippen molar-refractivity contribution in [3.8, 4) is 0 Å². The van der Waals surface area contributed by atoms with Gasteiger partial charge in [0, 0.05) is 17.1 Å². The first-order chi connectivity index (χ1) is 8.09. The Hall–Kier alpha value is -0.580. The molecule has 3 nitrogen and oxygen atoms in total. The first-order valence-corrected chi connectivity index (χ1v) is 6.71. The van der Waals surface area contributed by atoms with Crippen molar-refractivity contribution < 1.29 is 9.84 Å². The fraction of sp³-hybridized carbons (Fsp3) is 0.538. The minimum Gasteiger partial charge on any atom is -0.389 e. The Balaban J connectivity index is 2.26. The van der Waals surface area contributed by atoms with Crippen molar-refractivity contribution >= 4 is 21.6 Å². The maximum absolute atomic E-state index is 9.55. The van der Waals surface area contributed by atoms with Crippen molar-refractivity contribution in [1.82, 2.24) is 0 Å². The SMILES string of the molecule is CC1COCCN1c1ccc([C@H](C)O)cc1Br. The average Bonchev–Trinajstić information content (AvgIpc) is 2.30. The van der Waals surface area contributed by atoms with E-state index in [0.29, 0.717) is 6.04 Å². The van der Waals surface area contributed by atoms with Crippen LogP contribution in [0.5, 0.6) is 0 Å². The van der Waals surface area contributed by atoms with Crippen LogP contribution in [0.2, 0.25) is 0 Å². The molecule has 1 unspecified atom stereocenters. The first-order valence-electron chi connectivity index (χ1n) is 5.91. The largest absolute Gasteiger partial charge is 0.389 e. The maximum atomic E-state index is 9.55. The predicted octanol–water partition coefficient (Wildman–Crippen LogP) is 2.73. The van der Waals surface area contributed by atoms with E-state index in [1.54, 1.807) is 6.92 Å². The standard InChI is InChI=1S/C13H18BrNO2/c1-9-8-17-6-5-15(9)13-4-3-11(10(2)16)7-12(13)14/h3-4,7,9-10,16H,5-6,8H2,1-2H3/t9?,10-/m0/s1. The molecule has 17 heavy (non-hydrogen) atoms. The van der Waals surface area contributed by atoms with E-state index in [1.807, 2.05) is 12.1 Å². The summed E-state index contributed by atoms with van der Waals surface area (Å²) >= 11 is 3.58. The van der Waals surface area contributed by atoms with Gasteiger partial charge in [0.1, 0.15) is 0 Å². The van der Waals surface area contributed by atoms with E-state index in [9.17, 15) is 5.11 Å². The number of ether oxygens (including phenoxy) is 1. The quantitative estimate of drug-likeness (QED) is 0.911. The van der Waals surface area contributed by atoms with Crippen molar-refractivity contribution in [3.63, 3.8) is 0 Å². The van der Waals surface area contributed by atoms with Gasteiger partial charge in [0.25, 0.3) is 0 Å². The van der Waals surface area contributed by atoms with Gasteiger partial charge in [-0.15, -0.1) is 0 Å². The molecule has 1 aliphatic heterocycles. The molecule has 0 aliphatic carbocycles. The fourth-order valence-electron chi connectivity index (χ4n) is 2.10. The lowest BCUT2D eigenvalue weighted by molar-refractivity contribution is 0.0989. The lowest BCUT2D eigenvalue weighted by Crippen LogP contribution is -2.43. The van der Waals surface area contributed by atoms with E-state index in [-0.39, 0.29) is 0 Å². The Morgan fingerprint density at radius 2 is 2.29 bits per heavy atom. The molecule has 1 saturated heterocycles. The van der Waals surface area contributed by atoms with Gasteiger partial charge in [-0.2, -0.15) is 0 Å². The van der Waals surface area contributed by atoms with Crippen LogP contribution in [0, 0.1) is 0 Å². The van der Waals surface area contributed by atoms with Gasteiger partial charge in [0.05, 0.1) is 25.0 Å². The number of rotatable bonds is 2. The van der Waals surface area contributed by atoms with Crippen molar-refractivity contribution in [2.75, 3.05) is 24.7 Å².